The van der Waals surface area contributed by atoms with E-state index in [2.05, 4.69) is 9.97 Å². The SMILES string of the molecule is Cc1ccnc2c1nc(CCl)n2CC(F)(F)F. The quantitative estimate of drug-likeness (QED) is 0.780. The molecule has 0 aliphatic rings. The van der Waals surface area contributed by atoms with Crippen LogP contribution in [0.2, 0.25) is 0 Å². The fraction of sp³-hybridized carbons (Fsp3) is 0.400. The van der Waals surface area contributed by atoms with Crippen molar-refractivity contribution in [3.63, 3.8) is 0 Å². The summed E-state index contributed by atoms with van der Waals surface area (Å²) in [6.07, 6.45) is -2.86. The lowest BCUT2D eigenvalue weighted by Crippen LogP contribution is -2.19. The maximum absolute atomic E-state index is 12.4. The van der Waals surface area contributed by atoms with Crippen LogP contribution >= 0.6 is 11.6 Å². The minimum Gasteiger partial charge on any atom is -0.302 e. The number of halogens is 4. The summed E-state index contributed by atoms with van der Waals surface area (Å²) in [5, 5.41) is 0. The minimum atomic E-state index is -4.32. The van der Waals surface area contributed by atoms with Crippen molar-refractivity contribution < 1.29 is 13.2 Å². The predicted molar refractivity (Wildman–Crippen MR) is 57.9 cm³/mol. The number of aryl methyl sites for hydroxylation is 1. The van der Waals surface area contributed by atoms with Gasteiger partial charge >= 0.3 is 6.18 Å². The molecule has 0 saturated heterocycles. The topological polar surface area (TPSA) is 30.7 Å². The first-order chi connectivity index (χ1) is 7.92. The van der Waals surface area contributed by atoms with Crippen LogP contribution in [-0.4, -0.2) is 20.7 Å². The fourth-order valence-electron chi connectivity index (χ4n) is 1.63. The first-order valence-electron chi connectivity index (χ1n) is 4.86. The summed E-state index contributed by atoms with van der Waals surface area (Å²) in [5.74, 6) is 0.104. The Morgan fingerprint density at radius 1 is 1.41 bits per heavy atom. The Kier molecular flexibility index (Phi) is 2.99. The molecule has 0 aliphatic carbocycles. The van der Waals surface area contributed by atoms with Crippen molar-refractivity contribution in [2.75, 3.05) is 0 Å². The van der Waals surface area contributed by atoms with E-state index in [1.54, 1.807) is 13.0 Å². The van der Waals surface area contributed by atoms with Crippen LogP contribution in [0.3, 0.4) is 0 Å². The molecule has 0 saturated carbocycles. The van der Waals surface area contributed by atoms with Gasteiger partial charge in [0.05, 0.1) is 5.88 Å². The Labute approximate surface area is 100 Å². The van der Waals surface area contributed by atoms with Gasteiger partial charge in [0.1, 0.15) is 17.9 Å². The molecule has 17 heavy (non-hydrogen) atoms. The van der Waals surface area contributed by atoms with Gasteiger partial charge in [0, 0.05) is 6.20 Å². The molecular weight excluding hydrogens is 255 g/mol. The van der Waals surface area contributed by atoms with E-state index in [1.807, 2.05) is 0 Å². The normalized spacial score (nSPS) is 12.3. The lowest BCUT2D eigenvalue weighted by atomic mass is 10.3. The van der Waals surface area contributed by atoms with Gasteiger partial charge in [0.25, 0.3) is 0 Å². The molecule has 2 aromatic rings. The van der Waals surface area contributed by atoms with Crippen molar-refractivity contribution >= 4 is 22.8 Å². The summed E-state index contributed by atoms with van der Waals surface area (Å²) in [6, 6.07) is 1.70. The maximum atomic E-state index is 12.4. The molecule has 0 N–H and O–H groups in total. The third kappa shape index (κ3) is 2.36. The van der Waals surface area contributed by atoms with Crippen LogP contribution < -0.4 is 0 Å². The highest BCUT2D eigenvalue weighted by atomic mass is 35.5. The number of aromatic nitrogens is 3. The van der Waals surface area contributed by atoms with Gasteiger partial charge in [-0.3, -0.25) is 0 Å². The molecule has 2 aromatic heterocycles. The summed E-state index contributed by atoms with van der Waals surface area (Å²) in [7, 11) is 0. The average molecular weight is 264 g/mol. The standard InChI is InChI=1S/C10H9ClF3N3/c1-6-2-3-15-9-8(6)16-7(4-11)17(9)5-10(12,13)14/h2-3H,4-5H2,1H3. The third-order valence-corrected chi connectivity index (χ3v) is 2.61. The average Bonchev–Trinajstić information content (AvgIpc) is 2.56. The van der Waals surface area contributed by atoms with Gasteiger partial charge in [-0.15, -0.1) is 11.6 Å². The number of nitrogens with zero attached hydrogens (tertiary/aromatic N) is 3. The largest absolute Gasteiger partial charge is 0.406 e. The monoisotopic (exact) mass is 263 g/mol. The summed E-state index contributed by atoms with van der Waals surface area (Å²) < 4.78 is 38.3. The Morgan fingerprint density at radius 2 is 2.12 bits per heavy atom. The molecule has 2 heterocycles. The predicted octanol–water partition coefficient (Wildman–Crippen LogP) is 3.04. The highest BCUT2D eigenvalue weighted by Crippen LogP contribution is 2.24. The van der Waals surface area contributed by atoms with Crippen LogP contribution in [0.1, 0.15) is 11.4 Å². The Hall–Kier alpha value is -1.30. The molecule has 0 amide bonds. The number of rotatable bonds is 2. The van der Waals surface area contributed by atoms with E-state index in [9.17, 15) is 13.2 Å². The molecular formula is C10H9ClF3N3. The molecule has 0 spiro atoms. The summed E-state index contributed by atoms with van der Waals surface area (Å²) >= 11 is 5.61. The first kappa shape index (κ1) is 12.2. The molecule has 3 nitrogen and oxygen atoms in total. The van der Waals surface area contributed by atoms with Crippen molar-refractivity contribution in [3.8, 4) is 0 Å². The van der Waals surface area contributed by atoms with E-state index in [1.165, 1.54) is 6.20 Å². The Morgan fingerprint density at radius 3 is 2.71 bits per heavy atom. The maximum Gasteiger partial charge on any atom is 0.406 e. The zero-order valence-corrected chi connectivity index (χ0v) is 9.68. The van der Waals surface area contributed by atoms with Crippen LogP contribution in [0.4, 0.5) is 13.2 Å². The second kappa shape index (κ2) is 4.18. The van der Waals surface area contributed by atoms with Crippen molar-refractivity contribution in [3.05, 3.63) is 23.7 Å². The van der Waals surface area contributed by atoms with E-state index in [0.717, 1.165) is 10.1 Å². The van der Waals surface area contributed by atoms with Crippen molar-refractivity contribution in [1.29, 1.82) is 0 Å². The van der Waals surface area contributed by atoms with Crippen LogP contribution in [0, 0.1) is 6.92 Å². The third-order valence-electron chi connectivity index (χ3n) is 2.37. The lowest BCUT2D eigenvalue weighted by Gasteiger charge is -2.09. The molecule has 0 bridgehead atoms. The van der Waals surface area contributed by atoms with Crippen LogP contribution in [0.5, 0.6) is 0 Å². The van der Waals surface area contributed by atoms with Gasteiger partial charge in [-0.05, 0) is 18.6 Å². The van der Waals surface area contributed by atoms with E-state index in [4.69, 9.17) is 11.6 Å². The smallest absolute Gasteiger partial charge is 0.302 e. The lowest BCUT2D eigenvalue weighted by molar-refractivity contribution is -0.140. The molecule has 0 aliphatic heterocycles. The highest BCUT2D eigenvalue weighted by molar-refractivity contribution is 6.16. The highest BCUT2D eigenvalue weighted by Gasteiger charge is 2.30. The summed E-state index contributed by atoms with van der Waals surface area (Å²) in [5.41, 5.74) is 1.47. The molecule has 0 atom stereocenters. The Bertz CT molecular complexity index is 547. The summed E-state index contributed by atoms with van der Waals surface area (Å²) in [6.45, 7) is 0.648. The molecule has 0 aromatic carbocycles. The first-order valence-corrected chi connectivity index (χ1v) is 5.39. The van der Waals surface area contributed by atoms with E-state index in [-0.39, 0.29) is 17.4 Å². The van der Waals surface area contributed by atoms with Crippen molar-refractivity contribution in [2.45, 2.75) is 25.5 Å². The molecule has 2 rings (SSSR count). The molecule has 92 valence electrons. The van der Waals surface area contributed by atoms with Crippen molar-refractivity contribution in [1.82, 2.24) is 14.5 Å². The number of hydrogen-bond acceptors (Lipinski definition) is 2. The van der Waals surface area contributed by atoms with Crippen LogP contribution in [0.25, 0.3) is 11.2 Å². The zero-order valence-electron chi connectivity index (χ0n) is 8.92. The second-order valence-corrected chi connectivity index (χ2v) is 3.93. The number of alkyl halides is 4. The fourth-order valence-corrected chi connectivity index (χ4v) is 1.83. The van der Waals surface area contributed by atoms with Gasteiger partial charge in [-0.1, -0.05) is 0 Å². The number of hydrogen-bond donors (Lipinski definition) is 0. The number of pyridine rings is 1. The number of fused-ring (bicyclic) bond motifs is 1. The summed E-state index contributed by atoms with van der Waals surface area (Å²) in [4.78, 5) is 8.02. The van der Waals surface area contributed by atoms with Crippen LogP contribution in [0.15, 0.2) is 12.3 Å². The van der Waals surface area contributed by atoms with E-state index >= 15 is 0 Å². The molecule has 0 fully saturated rings. The van der Waals surface area contributed by atoms with Gasteiger partial charge in [-0.2, -0.15) is 13.2 Å². The van der Waals surface area contributed by atoms with Crippen LogP contribution in [-0.2, 0) is 12.4 Å². The van der Waals surface area contributed by atoms with E-state index in [0.29, 0.717) is 5.52 Å². The second-order valence-electron chi connectivity index (χ2n) is 3.66. The molecule has 0 unspecified atom stereocenters. The van der Waals surface area contributed by atoms with E-state index < -0.39 is 12.7 Å². The minimum absolute atomic E-state index is 0.0775. The molecule has 7 heteroatoms. The van der Waals surface area contributed by atoms with Crippen molar-refractivity contribution in [2.24, 2.45) is 0 Å². The zero-order chi connectivity index (χ0) is 12.6. The van der Waals surface area contributed by atoms with Gasteiger partial charge < -0.3 is 4.57 Å². The Balaban J connectivity index is 2.63. The van der Waals surface area contributed by atoms with Gasteiger partial charge in [0.15, 0.2) is 5.65 Å². The van der Waals surface area contributed by atoms with Gasteiger partial charge in [0.2, 0.25) is 0 Å². The van der Waals surface area contributed by atoms with Gasteiger partial charge in [-0.25, -0.2) is 9.97 Å². The number of imidazole rings is 1. The molecule has 0 radical (unpaired) electrons.